The van der Waals surface area contributed by atoms with Crippen molar-refractivity contribution in [1.82, 2.24) is 9.80 Å². The second kappa shape index (κ2) is 7.24. The summed E-state index contributed by atoms with van der Waals surface area (Å²) >= 11 is 0. The third-order valence-corrected chi connectivity index (χ3v) is 4.85. The van der Waals surface area contributed by atoms with E-state index < -0.39 is 0 Å². The fourth-order valence-electron chi connectivity index (χ4n) is 3.44. The number of rotatable bonds is 4. The van der Waals surface area contributed by atoms with Gasteiger partial charge in [0.05, 0.1) is 0 Å². The van der Waals surface area contributed by atoms with Crippen LogP contribution < -0.4 is 0 Å². The zero-order valence-corrected chi connectivity index (χ0v) is 14.0. The number of likely N-dealkylation sites (N-methyl/N-ethyl adjacent to an activating group) is 1. The molecule has 1 saturated heterocycles. The molecule has 2 nitrogen and oxygen atoms in total. The molecular weight excluding hydrogens is 287 g/mol. The summed E-state index contributed by atoms with van der Waals surface area (Å²) in [5.41, 5.74) is 4.06. The predicted octanol–water partition coefficient (Wildman–Crippen LogP) is 3.88. The Bertz CT molecular complexity index is 638. The number of hydrogen-bond donors (Lipinski definition) is 0. The van der Waals surface area contributed by atoms with Crippen molar-refractivity contribution in [2.45, 2.75) is 25.9 Å². The third kappa shape index (κ3) is 3.80. The van der Waals surface area contributed by atoms with Gasteiger partial charge < -0.3 is 0 Å². The predicted molar refractivity (Wildman–Crippen MR) is 92.9 cm³/mol. The van der Waals surface area contributed by atoms with E-state index in [0.29, 0.717) is 6.04 Å². The van der Waals surface area contributed by atoms with Gasteiger partial charge in [-0.1, -0.05) is 43.3 Å². The highest BCUT2D eigenvalue weighted by Crippen LogP contribution is 2.28. The first-order chi connectivity index (χ1) is 11.2. The summed E-state index contributed by atoms with van der Waals surface area (Å²) in [5.74, 6) is -0.165. The quantitative estimate of drug-likeness (QED) is 0.845. The molecule has 1 unspecified atom stereocenters. The Hall–Kier alpha value is -1.71. The summed E-state index contributed by atoms with van der Waals surface area (Å²) in [7, 11) is 2.21. The zero-order valence-electron chi connectivity index (χ0n) is 14.0. The minimum Gasteiger partial charge on any atom is -0.297 e. The van der Waals surface area contributed by atoms with Crippen molar-refractivity contribution in [3.05, 3.63) is 71.0 Å². The van der Waals surface area contributed by atoms with Crippen LogP contribution in [0.4, 0.5) is 4.39 Å². The Morgan fingerprint density at radius 2 is 1.78 bits per heavy atom. The Morgan fingerprint density at radius 3 is 2.52 bits per heavy atom. The summed E-state index contributed by atoms with van der Waals surface area (Å²) in [6, 6.07) is 16.1. The molecule has 1 aliphatic rings. The molecule has 3 rings (SSSR count). The molecule has 1 heterocycles. The van der Waals surface area contributed by atoms with Crippen LogP contribution in [0.2, 0.25) is 0 Å². The van der Waals surface area contributed by atoms with E-state index >= 15 is 0 Å². The molecule has 3 heteroatoms. The minimum atomic E-state index is -0.165. The smallest absolute Gasteiger partial charge is 0.123 e. The first-order valence-electron chi connectivity index (χ1n) is 8.42. The van der Waals surface area contributed by atoms with E-state index in [1.54, 1.807) is 12.1 Å². The molecule has 1 fully saturated rings. The molecule has 0 N–H and O–H groups in total. The molecule has 1 aliphatic heterocycles. The lowest BCUT2D eigenvalue weighted by Gasteiger charge is -2.40. The van der Waals surface area contributed by atoms with Crippen LogP contribution >= 0.6 is 0 Å². The van der Waals surface area contributed by atoms with Crippen molar-refractivity contribution < 1.29 is 4.39 Å². The maximum absolute atomic E-state index is 13.1. The Kier molecular flexibility index (Phi) is 5.09. The van der Waals surface area contributed by atoms with Crippen molar-refractivity contribution in [1.29, 1.82) is 0 Å². The molecule has 0 spiro atoms. The fourth-order valence-corrected chi connectivity index (χ4v) is 3.44. The Labute approximate surface area is 138 Å². The summed E-state index contributed by atoms with van der Waals surface area (Å²) in [5, 5.41) is 0. The van der Waals surface area contributed by atoms with Gasteiger partial charge in [-0.25, -0.2) is 4.39 Å². The van der Waals surface area contributed by atoms with Gasteiger partial charge in [0.1, 0.15) is 5.82 Å². The fraction of sp³-hybridized carbons (Fsp3) is 0.400. The Morgan fingerprint density at radius 1 is 1.04 bits per heavy atom. The SMILES string of the molecule is CCc1ccccc1C1CN(Cc2ccc(F)cc2)CCN1C. The second-order valence-electron chi connectivity index (χ2n) is 6.41. The van der Waals surface area contributed by atoms with E-state index in [4.69, 9.17) is 0 Å². The molecule has 23 heavy (non-hydrogen) atoms. The highest BCUT2D eigenvalue weighted by molar-refractivity contribution is 5.31. The van der Waals surface area contributed by atoms with Crippen molar-refractivity contribution in [2.75, 3.05) is 26.7 Å². The second-order valence-corrected chi connectivity index (χ2v) is 6.41. The summed E-state index contributed by atoms with van der Waals surface area (Å²) in [4.78, 5) is 4.93. The van der Waals surface area contributed by atoms with Gasteiger partial charge in [0.15, 0.2) is 0 Å². The molecule has 2 aromatic rings. The van der Waals surface area contributed by atoms with E-state index in [9.17, 15) is 4.39 Å². The average molecular weight is 312 g/mol. The van der Waals surface area contributed by atoms with Crippen LogP contribution in [0.25, 0.3) is 0 Å². The van der Waals surface area contributed by atoms with Crippen LogP contribution in [0, 0.1) is 5.82 Å². The molecule has 0 saturated carbocycles. The number of hydrogen-bond acceptors (Lipinski definition) is 2. The largest absolute Gasteiger partial charge is 0.297 e. The molecule has 0 radical (unpaired) electrons. The van der Waals surface area contributed by atoms with E-state index in [0.717, 1.165) is 32.6 Å². The molecular formula is C20H25FN2. The van der Waals surface area contributed by atoms with Gasteiger partial charge in [0.2, 0.25) is 0 Å². The van der Waals surface area contributed by atoms with Gasteiger partial charge in [-0.2, -0.15) is 0 Å². The topological polar surface area (TPSA) is 6.48 Å². The maximum atomic E-state index is 13.1. The van der Waals surface area contributed by atoms with E-state index in [2.05, 4.69) is 48.0 Å². The van der Waals surface area contributed by atoms with Crippen molar-refractivity contribution in [3.63, 3.8) is 0 Å². The van der Waals surface area contributed by atoms with Gasteiger partial charge in [-0.05, 0) is 42.3 Å². The molecule has 0 aromatic heterocycles. The van der Waals surface area contributed by atoms with Crippen LogP contribution in [0.1, 0.15) is 29.7 Å². The number of piperazine rings is 1. The lowest BCUT2D eigenvalue weighted by Crippen LogP contribution is -2.46. The summed E-state index contributed by atoms with van der Waals surface area (Å²) < 4.78 is 13.1. The van der Waals surface area contributed by atoms with Gasteiger partial charge in [0.25, 0.3) is 0 Å². The van der Waals surface area contributed by atoms with Gasteiger partial charge >= 0.3 is 0 Å². The van der Waals surface area contributed by atoms with E-state index in [1.807, 2.05) is 12.1 Å². The first kappa shape index (κ1) is 16.2. The highest BCUT2D eigenvalue weighted by Gasteiger charge is 2.26. The van der Waals surface area contributed by atoms with Crippen LogP contribution in [-0.2, 0) is 13.0 Å². The summed E-state index contributed by atoms with van der Waals surface area (Å²) in [6.45, 7) is 6.24. The lowest BCUT2D eigenvalue weighted by atomic mass is 9.95. The lowest BCUT2D eigenvalue weighted by molar-refractivity contribution is 0.0900. The average Bonchev–Trinajstić information content (AvgIpc) is 2.58. The number of aryl methyl sites for hydroxylation is 1. The van der Waals surface area contributed by atoms with Crippen LogP contribution in [0.15, 0.2) is 48.5 Å². The van der Waals surface area contributed by atoms with Gasteiger partial charge in [-0.15, -0.1) is 0 Å². The van der Waals surface area contributed by atoms with Crippen LogP contribution in [0.5, 0.6) is 0 Å². The van der Waals surface area contributed by atoms with E-state index in [-0.39, 0.29) is 5.82 Å². The molecule has 0 amide bonds. The third-order valence-electron chi connectivity index (χ3n) is 4.85. The highest BCUT2D eigenvalue weighted by atomic mass is 19.1. The number of halogens is 1. The monoisotopic (exact) mass is 312 g/mol. The van der Waals surface area contributed by atoms with Gasteiger partial charge in [-0.3, -0.25) is 9.80 Å². The van der Waals surface area contributed by atoms with E-state index in [1.165, 1.54) is 16.7 Å². The summed E-state index contributed by atoms with van der Waals surface area (Å²) in [6.07, 6.45) is 1.07. The van der Waals surface area contributed by atoms with Crippen molar-refractivity contribution in [2.24, 2.45) is 0 Å². The van der Waals surface area contributed by atoms with Crippen LogP contribution in [-0.4, -0.2) is 36.5 Å². The van der Waals surface area contributed by atoms with Gasteiger partial charge in [0, 0.05) is 32.2 Å². The van der Waals surface area contributed by atoms with Crippen molar-refractivity contribution >= 4 is 0 Å². The normalized spacial score (nSPS) is 19.9. The number of benzene rings is 2. The zero-order chi connectivity index (χ0) is 16.2. The number of nitrogens with zero attached hydrogens (tertiary/aromatic N) is 2. The van der Waals surface area contributed by atoms with Crippen LogP contribution in [0.3, 0.4) is 0 Å². The molecule has 0 bridgehead atoms. The van der Waals surface area contributed by atoms with Crippen molar-refractivity contribution in [3.8, 4) is 0 Å². The first-order valence-corrected chi connectivity index (χ1v) is 8.42. The maximum Gasteiger partial charge on any atom is 0.123 e. The molecule has 2 aromatic carbocycles. The molecule has 0 aliphatic carbocycles. The molecule has 1 atom stereocenters. The molecule has 122 valence electrons. The minimum absolute atomic E-state index is 0.165. The standard InChI is InChI=1S/C20H25FN2/c1-3-17-6-4-5-7-19(17)20-15-23(13-12-22(20)2)14-16-8-10-18(21)11-9-16/h4-11,20H,3,12-15H2,1-2H3. The Balaban J connectivity index is 1.75.